The normalized spacial score (nSPS) is 15.7. The van der Waals surface area contributed by atoms with Crippen molar-refractivity contribution in [3.63, 3.8) is 0 Å². The zero-order valence-electron chi connectivity index (χ0n) is 9.36. The molecule has 0 radical (unpaired) electrons. The summed E-state index contributed by atoms with van der Waals surface area (Å²) in [6.45, 7) is 4.75. The number of pyridine rings is 1. The molecule has 2 rings (SSSR count). The van der Waals surface area contributed by atoms with Gasteiger partial charge in [-0.3, -0.25) is 4.98 Å². The fraction of sp³-hybridized carbons (Fsp3) is 0.583. The molecule has 15 heavy (non-hydrogen) atoms. The van der Waals surface area contributed by atoms with Gasteiger partial charge in [-0.2, -0.15) is 0 Å². The van der Waals surface area contributed by atoms with E-state index in [1.807, 2.05) is 6.20 Å². The lowest BCUT2D eigenvalue weighted by Crippen LogP contribution is -2.07. The fourth-order valence-electron chi connectivity index (χ4n) is 1.42. The van der Waals surface area contributed by atoms with Crippen LogP contribution in [-0.4, -0.2) is 11.1 Å². The molecule has 0 aliphatic heterocycles. The molecule has 1 aromatic rings. The van der Waals surface area contributed by atoms with Crippen LogP contribution >= 0.6 is 0 Å². The molecule has 1 heterocycles. The number of hydrogen-bond donors (Lipinski definition) is 1. The van der Waals surface area contributed by atoms with Gasteiger partial charge in [0.15, 0.2) is 0 Å². The SMILES string of the molecule is CC(C)c1cnc(CN)c(OC2CC2)c1. The van der Waals surface area contributed by atoms with E-state index in [2.05, 4.69) is 24.9 Å². The van der Waals surface area contributed by atoms with Gasteiger partial charge in [0.25, 0.3) is 0 Å². The standard InChI is InChI=1S/C12H18N2O/c1-8(2)9-5-12(15-10-3-4-10)11(6-13)14-7-9/h5,7-8,10H,3-4,6,13H2,1-2H3. The molecule has 3 heteroatoms. The minimum Gasteiger partial charge on any atom is -0.488 e. The first kappa shape index (κ1) is 10.4. The third-order valence-corrected chi connectivity index (χ3v) is 2.63. The van der Waals surface area contributed by atoms with Crippen LogP contribution in [0.1, 0.15) is 43.9 Å². The van der Waals surface area contributed by atoms with Crippen LogP contribution in [0.15, 0.2) is 12.3 Å². The Kier molecular flexibility index (Phi) is 2.91. The second kappa shape index (κ2) is 4.19. The van der Waals surface area contributed by atoms with E-state index in [0.717, 1.165) is 24.3 Å². The van der Waals surface area contributed by atoms with Gasteiger partial charge in [-0.25, -0.2) is 0 Å². The van der Waals surface area contributed by atoms with Gasteiger partial charge < -0.3 is 10.5 Å². The predicted molar refractivity (Wildman–Crippen MR) is 59.9 cm³/mol. The monoisotopic (exact) mass is 206 g/mol. The van der Waals surface area contributed by atoms with Crippen LogP contribution in [0, 0.1) is 0 Å². The molecule has 3 nitrogen and oxygen atoms in total. The maximum absolute atomic E-state index is 5.80. The molecule has 1 aliphatic rings. The van der Waals surface area contributed by atoms with Gasteiger partial charge in [-0.1, -0.05) is 13.8 Å². The minimum atomic E-state index is 0.402. The minimum absolute atomic E-state index is 0.402. The molecule has 82 valence electrons. The quantitative estimate of drug-likeness (QED) is 0.821. The number of nitrogens with two attached hydrogens (primary N) is 1. The van der Waals surface area contributed by atoms with Gasteiger partial charge in [0, 0.05) is 12.7 Å². The largest absolute Gasteiger partial charge is 0.488 e. The Labute approximate surface area is 90.7 Å². The number of aromatic nitrogens is 1. The van der Waals surface area contributed by atoms with Crippen molar-refractivity contribution < 1.29 is 4.74 Å². The summed E-state index contributed by atoms with van der Waals surface area (Å²) < 4.78 is 5.80. The molecule has 0 spiro atoms. The van der Waals surface area contributed by atoms with Crippen molar-refractivity contribution in [1.29, 1.82) is 0 Å². The summed E-state index contributed by atoms with van der Waals surface area (Å²) in [5.41, 5.74) is 7.71. The Morgan fingerprint density at radius 1 is 1.53 bits per heavy atom. The zero-order valence-corrected chi connectivity index (χ0v) is 9.36. The van der Waals surface area contributed by atoms with Crippen molar-refractivity contribution in [1.82, 2.24) is 4.98 Å². The summed E-state index contributed by atoms with van der Waals surface area (Å²) in [6.07, 6.45) is 4.62. The van der Waals surface area contributed by atoms with Crippen LogP contribution < -0.4 is 10.5 Å². The van der Waals surface area contributed by atoms with E-state index in [0.29, 0.717) is 18.6 Å². The Balaban J connectivity index is 2.24. The van der Waals surface area contributed by atoms with Crippen LogP contribution in [0.2, 0.25) is 0 Å². The molecule has 0 saturated heterocycles. The highest BCUT2D eigenvalue weighted by Gasteiger charge is 2.24. The molecule has 0 atom stereocenters. The second-order valence-electron chi connectivity index (χ2n) is 4.39. The summed E-state index contributed by atoms with van der Waals surface area (Å²) in [7, 11) is 0. The molecule has 0 aromatic carbocycles. The third-order valence-electron chi connectivity index (χ3n) is 2.63. The molecule has 0 amide bonds. The van der Waals surface area contributed by atoms with Gasteiger partial charge in [-0.05, 0) is 30.4 Å². The molecule has 1 aromatic heterocycles. The first-order valence-electron chi connectivity index (χ1n) is 5.56. The van der Waals surface area contributed by atoms with Crippen molar-refractivity contribution in [3.8, 4) is 5.75 Å². The number of hydrogen-bond acceptors (Lipinski definition) is 3. The lowest BCUT2D eigenvalue weighted by molar-refractivity contribution is 0.298. The topological polar surface area (TPSA) is 48.1 Å². The molecule has 0 bridgehead atoms. The van der Waals surface area contributed by atoms with Crippen LogP contribution in [0.3, 0.4) is 0 Å². The van der Waals surface area contributed by atoms with Crippen molar-refractivity contribution in [2.24, 2.45) is 5.73 Å². The van der Waals surface area contributed by atoms with Crippen LogP contribution in [0.25, 0.3) is 0 Å². The van der Waals surface area contributed by atoms with Gasteiger partial charge in [-0.15, -0.1) is 0 Å². The summed E-state index contributed by atoms with van der Waals surface area (Å²) in [4.78, 5) is 4.35. The van der Waals surface area contributed by atoms with Gasteiger partial charge >= 0.3 is 0 Å². The second-order valence-corrected chi connectivity index (χ2v) is 4.39. The average molecular weight is 206 g/mol. The van der Waals surface area contributed by atoms with Crippen molar-refractivity contribution in [2.75, 3.05) is 0 Å². The maximum Gasteiger partial charge on any atom is 0.142 e. The fourth-order valence-corrected chi connectivity index (χ4v) is 1.42. The van der Waals surface area contributed by atoms with Gasteiger partial charge in [0.2, 0.25) is 0 Å². The average Bonchev–Trinajstić information content (AvgIpc) is 3.01. The van der Waals surface area contributed by atoms with E-state index in [1.165, 1.54) is 5.56 Å². The Morgan fingerprint density at radius 3 is 2.80 bits per heavy atom. The number of ether oxygens (including phenoxy) is 1. The predicted octanol–water partition coefficient (Wildman–Crippen LogP) is 2.20. The van der Waals surface area contributed by atoms with Crippen LogP contribution in [-0.2, 0) is 6.54 Å². The van der Waals surface area contributed by atoms with Crippen LogP contribution in [0.4, 0.5) is 0 Å². The lowest BCUT2D eigenvalue weighted by atomic mass is 10.1. The first-order chi connectivity index (χ1) is 7.20. The Bertz CT molecular complexity index is 345. The smallest absolute Gasteiger partial charge is 0.142 e. The van der Waals surface area contributed by atoms with E-state index in [1.54, 1.807) is 0 Å². The third kappa shape index (κ3) is 2.48. The Hall–Kier alpha value is -1.09. The molecule has 0 unspecified atom stereocenters. The van der Waals surface area contributed by atoms with Crippen LogP contribution in [0.5, 0.6) is 5.75 Å². The highest BCUT2D eigenvalue weighted by atomic mass is 16.5. The highest BCUT2D eigenvalue weighted by Crippen LogP contribution is 2.30. The first-order valence-corrected chi connectivity index (χ1v) is 5.56. The molecular weight excluding hydrogens is 188 g/mol. The molecular formula is C12H18N2O. The highest BCUT2D eigenvalue weighted by molar-refractivity contribution is 5.33. The zero-order chi connectivity index (χ0) is 10.8. The summed E-state index contributed by atoms with van der Waals surface area (Å²) >= 11 is 0. The van der Waals surface area contributed by atoms with Gasteiger partial charge in [0.1, 0.15) is 5.75 Å². The molecule has 2 N–H and O–H groups in total. The van der Waals surface area contributed by atoms with E-state index in [9.17, 15) is 0 Å². The van der Waals surface area contributed by atoms with Crippen molar-refractivity contribution >= 4 is 0 Å². The molecule has 1 fully saturated rings. The molecule has 1 aliphatic carbocycles. The molecule has 1 saturated carbocycles. The van der Waals surface area contributed by atoms with E-state index < -0.39 is 0 Å². The van der Waals surface area contributed by atoms with E-state index >= 15 is 0 Å². The summed E-state index contributed by atoms with van der Waals surface area (Å²) in [6, 6.07) is 2.08. The van der Waals surface area contributed by atoms with E-state index in [4.69, 9.17) is 10.5 Å². The van der Waals surface area contributed by atoms with Crippen molar-refractivity contribution in [3.05, 3.63) is 23.5 Å². The van der Waals surface area contributed by atoms with Gasteiger partial charge in [0.05, 0.1) is 11.8 Å². The summed E-state index contributed by atoms with van der Waals surface area (Å²) in [5.74, 6) is 1.36. The van der Waals surface area contributed by atoms with E-state index in [-0.39, 0.29) is 0 Å². The number of nitrogens with zero attached hydrogens (tertiary/aromatic N) is 1. The number of rotatable bonds is 4. The maximum atomic E-state index is 5.80. The van der Waals surface area contributed by atoms with Crippen molar-refractivity contribution in [2.45, 2.75) is 45.3 Å². The summed E-state index contributed by atoms with van der Waals surface area (Å²) in [5, 5.41) is 0. The lowest BCUT2D eigenvalue weighted by Gasteiger charge is -2.12. The Morgan fingerprint density at radius 2 is 2.27 bits per heavy atom.